The number of carbonyl (C=O) groups excluding carboxylic acids is 1. The lowest BCUT2D eigenvalue weighted by Crippen LogP contribution is -2.61. The predicted octanol–water partition coefficient (Wildman–Crippen LogP) is 3.38. The van der Waals surface area contributed by atoms with Crippen LogP contribution in [0.5, 0.6) is 0 Å². The number of β-amino-alcohol motifs (C(OH)–C–C–N with tert-alkyl or cyclic N) is 1. The molecule has 33 heavy (non-hydrogen) atoms. The smallest absolute Gasteiger partial charge is 0.264 e. The van der Waals surface area contributed by atoms with Gasteiger partial charge >= 0.3 is 0 Å². The van der Waals surface area contributed by atoms with Gasteiger partial charge in [-0.15, -0.1) is 0 Å². The number of aromatic nitrogens is 1. The fraction of sp³-hybridized carbons (Fsp3) is 0.120. The van der Waals surface area contributed by atoms with Gasteiger partial charge < -0.3 is 10.0 Å². The Kier molecular flexibility index (Phi) is 5.11. The number of likely N-dealkylation sites (tertiary alicyclic amines) is 1. The van der Waals surface area contributed by atoms with Crippen LogP contribution >= 0.6 is 0 Å². The first kappa shape index (κ1) is 21.1. The number of nitrogens with zero attached hydrogens (tertiary/aromatic N) is 2. The highest BCUT2D eigenvalue weighted by molar-refractivity contribution is 7.93. The highest BCUT2D eigenvalue weighted by Gasteiger charge is 2.45. The molecule has 3 aromatic carbocycles. The van der Waals surface area contributed by atoms with Gasteiger partial charge in [-0.2, -0.15) is 0 Å². The predicted molar refractivity (Wildman–Crippen MR) is 125 cm³/mol. The summed E-state index contributed by atoms with van der Waals surface area (Å²) in [4.78, 5) is 18.6. The van der Waals surface area contributed by atoms with Gasteiger partial charge in [0.05, 0.1) is 18.6 Å². The summed E-state index contributed by atoms with van der Waals surface area (Å²) in [6.45, 7) is 0.413. The molecule has 1 aliphatic rings. The van der Waals surface area contributed by atoms with E-state index in [0.717, 1.165) is 10.9 Å². The first-order valence-corrected chi connectivity index (χ1v) is 11.9. The molecule has 2 heterocycles. The minimum atomic E-state index is -3.87. The summed E-state index contributed by atoms with van der Waals surface area (Å²) in [6, 6.07) is 24.0. The number of anilines is 1. The molecule has 1 fully saturated rings. The largest absolute Gasteiger partial charge is 0.381 e. The molecular weight excluding hydrogens is 438 g/mol. The molecule has 0 saturated carbocycles. The molecule has 166 valence electrons. The first-order valence-electron chi connectivity index (χ1n) is 10.4. The van der Waals surface area contributed by atoms with Crippen molar-refractivity contribution in [2.45, 2.75) is 10.5 Å². The van der Waals surface area contributed by atoms with Gasteiger partial charge in [0.2, 0.25) is 0 Å². The van der Waals surface area contributed by atoms with Crippen molar-refractivity contribution in [1.82, 2.24) is 9.88 Å². The van der Waals surface area contributed by atoms with Crippen LogP contribution < -0.4 is 4.72 Å². The summed E-state index contributed by atoms with van der Waals surface area (Å²) < 4.78 is 28.5. The van der Waals surface area contributed by atoms with Crippen molar-refractivity contribution in [1.29, 1.82) is 0 Å². The van der Waals surface area contributed by atoms with Crippen LogP contribution in [-0.2, 0) is 15.6 Å². The molecule has 1 aliphatic heterocycles. The van der Waals surface area contributed by atoms with Gasteiger partial charge in [0, 0.05) is 22.8 Å². The van der Waals surface area contributed by atoms with E-state index in [1.165, 1.54) is 6.07 Å². The normalized spacial score (nSPS) is 15.1. The quantitative estimate of drug-likeness (QED) is 0.477. The van der Waals surface area contributed by atoms with E-state index in [2.05, 4.69) is 9.71 Å². The Balaban J connectivity index is 1.29. The summed E-state index contributed by atoms with van der Waals surface area (Å²) in [5.74, 6) is -0.219. The fourth-order valence-corrected chi connectivity index (χ4v) is 5.27. The molecule has 0 radical (unpaired) electrons. The minimum Gasteiger partial charge on any atom is -0.381 e. The summed E-state index contributed by atoms with van der Waals surface area (Å²) in [5.41, 5.74) is 0.882. The third kappa shape index (κ3) is 3.94. The van der Waals surface area contributed by atoms with Crippen LogP contribution in [0.3, 0.4) is 0 Å². The summed E-state index contributed by atoms with van der Waals surface area (Å²) in [7, 11) is -3.87. The van der Waals surface area contributed by atoms with Gasteiger partial charge in [-0.05, 0) is 42.0 Å². The molecule has 8 heteroatoms. The van der Waals surface area contributed by atoms with Gasteiger partial charge in [-0.1, -0.05) is 48.5 Å². The van der Waals surface area contributed by atoms with Crippen molar-refractivity contribution >= 4 is 32.5 Å². The van der Waals surface area contributed by atoms with Crippen LogP contribution in [-0.4, -0.2) is 42.4 Å². The van der Waals surface area contributed by atoms with E-state index in [-0.39, 0.29) is 23.9 Å². The molecule has 0 spiro atoms. The summed E-state index contributed by atoms with van der Waals surface area (Å²) in [6.07, 6.45) is 1.55. The number of benzene rings is 3. The standard InChI is InChI=1S/C25H21N3O4S/c29-24(28-16-25(30,17-28)20-8-2-1-3-9-20)19-11-13-21(14-12-19)27-33(31,32)22-10-4-6-18-7-5-15-26-23(18)22/h1-15,27,30H,16-17H2. The van der Waals surface area contributed by atoms with E-state index in [0.29, 0.717) is 16.8 Å². The topological polar surface area (TPSA) is 99.6 Å². The second-order valence-corrected chi connectivity index (χ2v) is 9.72. The number of para-hydroxylation sites is 1. The van der Waals surface area contributed by atoms with Crippen molar-refractivity contribution in [3.8, 4) is 0 Å². The molecule has 1 aromatic heterocycles. The molecule has 1 saturated heterocycles. The third-order valence-electron chi connectivity index (χ3n) is 5.77. The summed E-state index contributed by atoms with van der Waals surface area (Å²) in [5, 5.41) is 11.5. The van der Waals surface area contributed by atoms with Crippen LogP contribution in [0.25, 0.3) is 10.9 Å². The van der Waals surface area contributed by atoms with Gasteiger partial charge in [0.15, 0.2) is 0 Å². The number of rotatable bonds is 5. The van der Waals surface area contributed by atoms with E-state index < -0.39 is 15.6 Å². The number of carbonyl (C=O) groups is 1. The zero-order chi connectivity index (χ0) is 23.1. The van der Waals surface area contributed by atoms with Gasteiger partial charge in [0.1, 0.15) is 10.5 Å². The molecule has 4 aromatic rings. The van der Waals surface area contributed by atoms with E-state index in [1.807, 2.05) is 30.3 Å². The van der Waals surface area contributed by atoms with Crippen molar-refractivity contribution in [3.63, 3.8) is 0 Å². The van der Waals surface area contributed by atoms with Crippen molar-refractivity contribution < 1.29 is 18.3 Å². The van der Waals surface area contributed by atoms with E-state index in [9.17, 15) is 18.3 Å². The number of nitrogens with one attached hydrogen (secondary N) is 1. The Morgan fingerprint density at radius 3 is 2.33 bits per heavy atom. The summed E-state index contributed by atoms with van der Waals surface area (Å²) >= 11 is 0. The molecular formula is C25H21N3O4S. The average Bonchev–Trinajstić information content (AvgIpc) is 2.82. The van der Waals surface area contributed by atoms with Gasteiger partial charge in [-0.25, -0.2) is 8.42 Å². The monoisotopic (exact) mass is 459 g/mol. The maximum absolute atomic E-state index is 13.0. The van der Waals surface area contributed by atoms with E-state index in [4.69, 9.17) is 0 Å². The van der Waals surface area contributed by atoms with Crippen molar-refractivity contribution in [2.75, 3.05) is 17.8 Å². The maximum atomic E-state index is 13.0. The minimum absolute atomic E-state index is 0.0847. The number of hydrogen-bond acceptors (Lipinski definition) is 5. The molecule has 5 rings (SSSR count). The number of aliphatic hydroxyl groups is 1. The second-order valence-electron chi connectivity index (χ2n) is 8.07. The Labute approximate surface area is 191 Å². The zero-order valence-electron chi connectivity index (χ0n) is 17.5. The van der Waals surface area contributed by atoms with Crippen LogP contribution in [0.1, 0.15) is 15.9 Å². The van der Waals surface area contributed by atoms with Crippen LogP contribution in [0.15, 0.2) is 96.0 Å². The number of hydrogen-bond donors (Lipinski definition) is 2. The Hall–Kier alpha value is -3.75. The number of amides is 1. The van der Waals surface area contributed by atoms with Crippen molar-refractivity contribution in [2.24, 2.45) is 0 Å². The number of pyridine rings is 1. The van der Waals surface area contributed by atoms with Gasteiger partial charge in [0.25, 0.3) is 15.9 Å². The molecule has 7 nitrogen and oxygen atoms in total. The maximum Gasteiger partial charge on any atom is 0.264 e. The molecule has 0 unspecified atom stereocenters. The second kappa shape index (κ2) is 7.99. The number of fused-ring (bicyclic) bond motifs is 1. The van der Waals surface area contributed by atoms with Crippen molar-refractivity contribution in [3.05, 3.63) is 102 Å². The highest BCUT2D eigenvalue weighted by Crippen LogP contribution is 2.33. The Morgan fingerprint density at radius 1 is 0.909 bits per heavy atom. The lowest BCUT2D eigenvalue weighted by atomic mass is 9.85. The lowest BCUT2D eigenvalue weighted by Gasteiger charge is -2.46. The van der Waals surface area contributed by atoms with Crippen LogP contribution in [0, 0.1) is 0 Å². The highest BCUT2D eigenvalue weighted by atomic mass is 32.2. The fourth-order valence-electron chi connectivity index (χ4n) is 4.03. The average molecular weight is 460 g/mol. The number of sulfonamides is 1. The molecule has 0 atom stereocenters. The molecule has 0 bridgehead atoms. The first-order chi connectivity index (χ1) is 15.9. The van der Waals surface area contributed by atoms with E-state index >= 15 is 0 Å². The molecule has 1 amide bonds. The third-order valence-corrected chi connectivity index (χ3v) is 7.19. The van der Waals surface area contributed by atoms with E-state index in [1.54, 1.807) is 59.6 Å². The van der Waals surface area contributed by atoms with Gasteiger partial charge in [-0.3, -0.25) is 14.5 Å². The molecule has 2 N–H and O–H groups in total. The lowest BCUT2D eigenvalue weighted by molar-refractivity contribution is -0.0863. The molecule has 0 aliphatic carbocycles. The zero-order valence-corrected chi connectivity index (χ0v) is 18.4. The van der Waals surface area contributed by atoms with Crippen LogP contribution in [0.2, 0.25) is 0 Å². The SMILES string of the molecule is O=C(c1ccc(NS(=O)(=O)c2cccc3cccnc23)cc1)N1CC(O)(c2ccccc2)C1. The van der Waals surface area contributed by atoms with Crippen LogP contribution in [0.4, 0.5) is 5.69 Å². The Bertz CT molecular complexity index is 1430. The Morgan fingerprint density at radius 2 is 1.61 bits per heavy atom.